The van der Waals surface area contributed by atoms with E-state index in [9.17, 15) is 4.39 Å². The van der Waals surface area contributed by atoms with Gasteiger partial charge in [0.15, 0.2) is 0 Å². The molecule has 1 aliphatic carbocycles. The van der Waals surface area contributed by atoms with E-state index in [4.69, 9.17) is 0 Å². The van der Waals surface area contributed by atoms with Crippen molar-refractivity contribution in [1.29, 1.82) is 0 Å². The molecule has 0 bridgehead atoms. The average Bonchev–Trinajstić information content (AvgIpc) is 3.27. The number of aryl methyl sites for hydroxylation is 1. The molecule has 1 aromatic carbocycles. The molecule has 1 aliphatic heterocycles. The summed E-state index contributed by atoms with van der Waals surface area (Å²) in [5.74, 6) is -0.121. The highest BCUT2D eigenvalue weighted by molar-refractivity contribution is 5.80. The van der Waals surface area contributed by atoms with Crippen LogP contribution in [0.2, 0.25) is 0 Å². The second-order valence-corrected chi connectivity index (χ2v) is 9.15. The van der Waals surface area contributed by atoms with Gasteiger partial charge < -0.3 is 9.47 Å². The van der Waals surface area contributed by atoms with E-state index in [1.165, 1.54) is 18.5 Å². The molecule has 0 unspecified atom stereocenters. The van der Waals surface area contributed by atoms with Crippen LogP contribution in [0.25, 0.3) is 10.9 Å². The first kappa shape index (κ1) is 22.7. The van der Waals surface area contributed by atoms with Crippen molar-refractivity contribution in [2.24, 2.45) is 0 Å². The number of anilines is 1. The van der Waals surface area contributed by atoms with Crippen molar-refractivity contribution < 1.29 is 4.39 Å². The standard InChI is InChI=1S/C24H30FN5.C2H6/c1-18-16-20(17-26-27-18)28-12-14-29(15-13-28)24(2)9-6-19(7-10-24)30-11-8-21-22(25)4-3-5-23(21)30;1-2/h3-5,8,11,16-17,19H,6-7,9-10,12-15H2,1-2H3;1-2H3. The maximum atomic E-state index is 14.1. The highest BCUT2D eigenvalue weighted by Gasteiger charge is 2.38. The number of halogens is 1. The van der Waals surface area contributed by atoms with Crippen LogP contribution in [0.15, 0.2) is 42.7 Å². The Morgan fingerprint density at radius 1 is 1.03 bits per heavy atom. The molecular formula is C26H36FN5. The smallest absolute Gasteiger partial charge is 0.132 e. The fourth-order valence-corrected chi connectivity index (χ4v) is 5.42. The van der Waals surface area contributed by atoms with Gasteiger partial charge in [-0.2, -0.15) is 10.2 Å². The summed E-state index contributed by atoms with van der Waals surface area (Å²) in [6, 6.07) is 9.92. The van der Waals surface area contributed by atoms with E-state index in [2.05, 4.69) is 43.8 Å². The van der Waals surface area contributed by atoms with Crippen LogP contribution < -0.4 is 4.90 Å². The summed E-state index contributed by atoms with van der Waals surface area (Å²) in [4.78, 5) is 5.11. The molecule has 0 amide bonds. The Bertz CT molecular complexity index is 1030. The molecule has 0 radical (unpaired) electrons. The second kappa shape index (κ2) is 9.57. The van der Waals surface area contributed by atoms with Gasteiger partial charge in [-0.15, -0.1) is 0 Å². The van der Waals surface area contributed by atoms with E-state index in [1.807, 2.05) is 45.2 Å². The monoisotopic (exact) mass is 437 g/mol. The maximum absolute atomic E-state index is 14.1. The molecule has 2 aliphatic rings. The third-order valence-electron chi connectivity index (χ3n) is 7.31. The minimum atomic E-state index is -0.121. The lowest BCUT2D eigenvalue weighted by molar-refractivity contribution is 0.0481. The normalized spacial score (nSPS) is 24.3. The van der Waals surface area contributed by atoms with Gasteiger partial charge in [0.1, 0.15) is 5.82 Å². The molecule has 1 saturated carbocycles. The van der Waals surface area contributed by atoms with Gasteiger partial charge in [0.25, 0.3) is 0 Å². The maximum Gasteiger partial charge on any atom is 0.132 e. The largest absolute Gasteiger partial charge is 0.368 e. The van der Waals surface area contributed by atoms with E-state index in [-0.39, 0.29) is 11.4 Å². The molecule has 3 aromatic rings. The topological polar surface area (TPSA) is 37.2 Å². The van der Waals surface area contributed by atoms with Crippen LogP contribution in [0.5, 0.6) is 0 Å². The average molecular weight is 438 g/mol. The first-order chi connectivity index (χ1) is 15.5. The molecule has 2 fully saturated rings. The Balaban J connectivity index is 0.00000119. The Labute approximate surface area is 191 Å². The number of rotatable bonds is 3. The highest BCUT2D eigenvalue weighted by Crippen LogP contribution is 2.40. The summed E-state index contributed by atoms with van der Waals surface area (Å²) in [6.45, 7) is 12.7. The van der Waals surface area contributed by atoms with Crippen LogP contribution in [-0.4, -0.2) is 51.4 Å². The molecule has 0 spiro atoms. The van der Waals surface area contributed by atoms with Crippen molar-refractivity contribution in [2.75, 3.05) is 31.1 Å². The number of nitrogens with zero attached hydrogens (tertiary/aromatic N) is 5. The summed E-state index contributed by atoms with van der Waals surface area (Å²) in [5.41, 5.74) is 3.43. The third-order valence-corrected chi connectivity index (χ3v) is 7.31. The van der Waals surface area contributed by atoms with Gasteiger partial charge in [0, 0.05) is 49.3 Å². The first-order valence-electron chi connectivity index (χ1n) is 12.1. The molecule has 0 N–H and O–H groups in total. The molecule has 3 heterocycles. The van der Waals surface area contributed by atoms with Crippen LogP contribution in [-0.2, 0) is 0 Å². The van der Waals surface area contributed by atoms with Gasteiger partial charge in [-0.25, -0.2) is 4.39 Å². The van der Waals surface area contributed by atoms with E-state index < -0.39 is 0 Å². The van der Waals surface area contributed by atoms with Crippen molar-refractivity contribution in [1.82, 2.24) is 19.7 Å². The Morgan fingerprint density at radius 2 is 1.75 bits per heavy atom. The first-order valence-corrected chi connectivity index (χ1v) is 12.1. The minimum Gasteiger partial charge on any atom is -0.368 e. The summed E-state index contributed by atoms with van der Waals surface area (Å²) < 4.78 is 16.4. The van der Waals surface area contributed by atoms with E-state index >= 15 is 0 Å². The number of piperazine rings is 1. The van der Waals surface area contributed by atoms with Gasteiger partial charge >= 0.3 is 0 Å². The predicted octanol–water partition coefficient (Wildman–Crippen LogP) is 5.60. The molecular weight excluding hydrogens is 401 g/mol. The zero-order valence-electron chi connectivity index (χ0n) is 19.9. The summed E-state index contributed by atoms with van der Waals surface area (Å²) in [6.07, 6.45) is 8.60. The van der Waals surface area contributed by atoms with Crippen LogP contribution in [0.1, 0.15) is 58.2 Å². The molecule has 32 heavy (non-hydrogen) atoms. The quantitative estimate of drug-likeness (QED) is 0.534. The van der Waals surface area contributed by atoms with Crippen LogP contribution in [0.3, 0.4) is 0 Å². The molecule has 1 saturated heterocycles. The zero-order chi connectivity index (χ0) is 22.7. The van der Waals surface area contributed by atoms with Gasteiger partial charge in [-0.1, -0.05) is 19.9 Å². The SMILES string of the molecule is CC.Cc1cc(N2CCN(C3(C)CCC(n4ccc5c(F)cccc54)CC3)CC2)cnn1. The minimum absolute atomic E-state index is 0.121. The lowest BCUT2D eigenvalue weighted by atomic mass is 9.79. The molecule has 172 valence electrons. The molecule has 0 atom stereocenters. The fraction of sp³-hybridized carbons (Fsp3) is 0.538. The Kier molecular flexibility index (Phi) is 6.79. The fourth-order valence-electron chi connectivity index (χ4n) is 5.42. The molecule has 2 aromatic heterocycles. The van der Waals surface area contributed by atoms with Crippen molar-refractivity contribution in [3.8, 4) is 0 Å². The summed E-state index contributed by atoms with van der Waals surface area (Å²) in [5, 5.41) is 8.93. The van der Waals surface area contributed by atoms with Crippen LogP contribution in [0, 0.1) is 12.7 Å². The van der Waals surface area contributed by atoms with Crippen molar-refractivity contribution >= 4 is 16.6 Å². The Morgan fingerprint density at radius 3 is 2.44 bits per heavy atom. The van der Waals surface area contributed by atoms with Crippen molar-refractivity contribution in [3.05, 3.63) is 54.2 Å². The predicted molar refractivity (Wildman–Crippen MR) is 130 cm³/mol. The van der Waals surface area contributed by atoms with Crippen LogP contribution in [0.4, 0.5) is 10.1 Å². The van der Waals surface area contributed by atoms with Crippen molar-refractivity contribution in [2.45, 2.75) is 65.0 Å². The number of benzene rings is 1. The number of fused-ring (bicyclic) bond motifs is 1. The number of hydrogen-bond donors (Lipinski definition) is 0. The number of aromatic nitrogens is 3. The van der Waals surface area contributed by atoms with Gasteiger partial charge in [-0.3, -0.25) is 4.90 Å². The third kappa shape index (κ3) is 4.38. The molecule has 5 rings (SSSR count). The second-order valence-electron chi connectivity index (χ2n) is 9.15. The van der Waals surface area contributed by atoms with Gasteiger partial charge in [0.2, 0.25) is 0 Å². The van der Waals surface area contributed by atoms with Crippen LogP contribution >= 0.6 is 0 Å². The van der Waals surface area contributed by atoms with Gasteiger partial charge in [0.05, 0.1) is 23.1 Å². The van der Waals surface area contributed by atoms with E-state index in [0.717, 1.165) is 55.6 Å². The Hall–Kier alpha value is -2.47. The lowest BCUT2D eigenvalue weighted by Gasteiger charge is -2.49. The molecule has 6 heteroatoms. The van der Waals surface area contributed by atoms with Gasteiger partial charge in [-0.05, 0) is 63.8 Å². The lowest BCUT2D eigenvalue weighted by Crippen LogP contribution is -2.57. The summed E-state index contributed by atoms with van der Waals surface area (Å²) >= 11 is 0. The van der Waals surface area contributed by atoms with E-state index in [1.54, 1.807) is 6.07 Å². The molecule has 5 nitrogen and oxygen atoms in total. The van der Waals surface area contributed by atoms with E-state index in [0.29, 0.717) is 6.04 Å². The van der Waals surface area contributed by atoms with Crippen molar-refractivity contribution in [3.63, 3.8) is 0 Å². The number of hydrogen-bond acceptors (Lipinski definition) is 4. The highest BCUT2D eigenvalue weighted by atomic mass is 19.1. The zero-order valence-corrected chi connectivity index (χ0v) is 19.9. The summed E-state index contributed by atoms with van der Waals surface area (Å²) in [7, 11) is 0.